The van der Waals surface area contributed by atoms with Crippen molar-refractivity contribution in [3.63, 3.8) is 0 Å². The predicted molar refractivity (Wildman–Crippen MR) is 79.8 cm³/mol. The molecule has 1 saturated heterocycles. The van der Waals surface area contributed by atoms with Crippen molar-refractivity contribution in [1.82, 2.24) is 0 Å². The van der Waals surface area contributed by atoms with Gasteiger partial charge >= 0.3 is 0 Å². The molecule has 0 aromatic heterocycles. The Bertz CT molecular complexity index is 407. The van der Waals surface area contributed by atoms with Crippen molar-refractivity contribution >= 4 is 0 Å². The molecule has 2 N–H and O–H groups in total. The van der Waals surface area contributed by atoms with Gasteiger partial charge in [-0.25, -0.2) is 0 Å². The van der Waals surface area contributed by atoms with E-state index in [4.69, 9.17) is 9.84 Å². The quantitative estimate of drug-likeness (QED) is 0.309. The van der Waals surface area contributed by atoms with E-state index in [9.17, 15) is 5.11 Å². The van der Waals surface area contributed by atoms with E-state index in [1.165, 1.54) is 31.8 Å². The topological polar surface area (TPSA) is 53.0 Å². The number of aliphatic hydroxyl groups is 2. The Labute approximate surface area is 122 Å². The fraction of sp³-hybridized carbons (Fsp3) is 0.647. The van der Waals surface area contributed by atoms with Gasteiger partial charge in [-0.1, -0.05) is 63.5 Å². The highest BCUT2D eigenvalue weighted by atomic mass is 16.6. The number of hydrogen-bond donors (Lipinski definition) is 2. The van der Waals surface area contributed by atoms with Crippen LogP contribution in [0.5, 0.6) is 0 Å². The maximum absolute atomic E-state index is 9.77. The Morgan fingerprint density at radius 2 is 1.85 bits per heavy atom. The number of hydrogen-bond acceptors (Lipinski definition) is 3. The molecule has 0 radical (unpaired) electrons. The molecule has 3 heteroatoms. The Morgan fingerprint density at radius 3 is 2.55 bits per heavy atom. The molecular weight excluding hydrogens is 252 g/mol. The highest BCUT2D eigenvalue weighted by molar-refractivity contribution is 5.30. The molecule has 1 rings (SSSR count). The van der Waals surface area contributed by atoms with Crippen LogP contribution in [0, 0.1) is 23.7 Å². The van der Waals surface area contributed by atoms with Gasteiger partial charge in [0.2, 0.25) is 0 Å². The van der Waals surface area contributed by atoms with Crippen LogP contribution in [0.1, 0.15) is 45.4 Å². The van der Waals surface area contributed by atoms with Crippen LogP contribution in [0.4, 0.5) is 0 Å². The molecule has 4 atom stereocenters. The normalized spacial score (nSPS) is 22.8. The second-order valence-electron chi connectivity index (χ2n) is 5.01. The van der Waals surface area contributed by atoms with Gasteiger partial charge < -0.3 is 14.9 Å². The molecule has 0 saturated carbocycles. The first-order chi connectivity index (χ1) is 9.69. The number of unbranched alkanes of at least 4 members (excludes halogenated alkanes) is 4. The molecule has 110 valence electrons. The maximum atomic E-state index is 9.77. The summed E-state index contributed by atoms with van der Waals surface area (Å²) in [6, 6.07) is 0. The van der Waals surface area contributed by atoms with Crippen LogP contribution in [0.15, 0.2) is 12.7 Å². The van der Waals surface area contributed by atoms with Gasteiger partial charge in [0.15, 0.2) is 0 Å². The molecule has 1 heterocycles. The second kappa shape index (κ2) is 9.61. The van der Waals surface area contributed by atoms with E-state index >= 15 is 0 Å². The summed E-state index contributed by atoms with van der Waals surface area (Å²) in [6.45, 7) is 5.60. The van der Waals surface area contributed by atoms with E-state index in [1.54, 1.807) is 0 Å². The van der Waals surface area contributed by atoms with Gasteiger partial charge in [-0.3, -0.25) is 0 Å². The standard InChI is InChI=1S/C17H24O3/c1-3-5-6-7-8-13-16-17(20-16)15(19)12-10-9-11-14(18)4-2/h4,14-19H,2-3,5-8,13H2,1H3/t14-,15+,16-,17-/m0/s1. The summed E-state index contributed by atoms with van der Waals surface area (Å²) in [5, 5.41) is 18.9. The minimum absolute atomic E-state index is 0.146. The number of ether oxygens (including phenoxy) is 1. The minimum atomic E-state index is -0.866. The van der Waals surface area contributed by atoms with Gasteiger partial charge in [0.25, 0.3) is 0 Å². The lowest BCUT2D eigenvalue weighted by molar-refractivity contribution is 0.185. The van der Waals surface area contributed by atoms with Crippen molar-refractivity contribution in [2.45, 2.75) is 69.9 Å². The minimum Gasteiger partial charge on any atom is -0.377 e. The lowest BCUT2D eigenvalue weighted by atomic mass is 10.1. The fourth-order valence-corrected chi connectivity index (χ4v) is 1.98. The molecule has 0 bridgehead atoms. The molecule has 0 amide bonds. The molecular formula is C17H24O3. The van der Waals surface area contributed by atoms with Crippen molar-refractivity contribution in [2.75, 3.05) is 0 Å². The smallest absolute Gasteiger partial charge is 0.144 e. The molecule has 0 aromatic carbocycles. The van der Waals surface area contributed by atoms with Crippen LogP contribution in [-0.4, -0.2) is 34.6 Å². The van der Waals surface area contributed by atoms with E-state index in [0.29, 0.717) is 0 Å². The Kier molecular flexibility index (Phi) is 8.07. The third kappa shape index (κ3) is 6.78. The predicted octanol–water partition coefficient (Wildman–Crippen LogP) is 2.03. The monoisotopic (exact) mass is 276 g/mol. The largest absolute Gasteiger partial charge is 0.377 e. The first-order valence-corrected chi connectivity index (χ1v) is 7.34. The number of rotatable bonds is 8. The van der Waals surface area contributed by atoms with E-state index in [0.717, 1.165) is 12.8 Å². The number of aliphatic hydroxyl groups excluding tert-OH is 2. The lowest BCUT2D eigenvalue weighted by Gasteiger charge is -1.98. The summed E-state index contributed by atoms with van der Waals surface area (Å²) in [5.41, 5.74) is 0. The summed E-state index contributed by atoms with van der Waals surface area (Å²) in [6.07, 6.45) is 6.83. The first kappa shape index (κ1) is 16.8. The first-order valence-electron chi connectivity index (χ1n) is 7.34. The molecule has 0 spiro atoms. The lowest BCUT2D eigenvalue weighted by Crippen LogP contribution is -2.14. The molecule has 0 unspecified atom stereocenters. The Morgan fingerprint density at radius 1 is 1.15 bits per heavy atom. The van der Waals surface area contributed by atoms with Crippen molar-refractivity contribution in [2.24, 2.45) is 0 Å². The highest BCUT2D eigenvalue weighted by Gasteiger charge is 2.42. The zero-order valence-corrected chi connectivity index (χ0v) is 12.1. The Balaban J connectivity index is 2.17. The number of epoxide rings is 1. The van der Waals surface area contributed by atoms with E-state index < -0.39 is 12.2 Å². The van der Waals surface area contributed by atoms with E-state index in [1.807, 2.05) is 0 Å². The van der Waals surface area contributed by atoms with E-state index in [2.05, 4.69) is 37.2 Å². The average molecular weight is 276 g/mol. The van der Waals surface area contributed by atoms with Crippen molar-refractivity contribution in [3.05, 3.63) is 12.7 Å². The Hall–Kier alpha value is -1.26. The maximum Gasteiger partial charge on any atom is 0.144 e. The molecule has 1 aliphatic rings. The van der Waals surface area contributed by atoms with Crippen molar-refractivity contribution in [3.8, 4) is 23.7 Å². The van der Waals surface area contributed by atoms with Crippen LogP contribution in [0.2, 0.25) is 0 Å². The molecule has 1 aliphatic heterocycles. The van der Waals surface area contributed by atoms with Crippen LogP contribution in [0.25, 0.3) is 0 Å². The third-order valence-electron chi connectivity index (χ3n) is 3.25. The van der Waals surface area contributed by atoms with Crippen LogP contribution in [-0.2, 0) is 4.74 Å². The zero-order chi connectivity index (χ0) is 14.8. The van der Waals surface area contributed by atoms with Crippen LogP contribution in [0.3, 0.4) is 0 Å². The summed E-state index contributed by atoms with van der Waals surface area (Å²) >= 11 is 0. The summed E-state index contributed by atoms with van der Waals surface area (Å²) < 4.78 is 5.42. The van der Waals surface area contributed by atoms with E-state index in [-0.39, 0.29) is 12.2 Å². The van der Waals surface area contributed by atoms with Crippen molar-refractivity contribution in [1.29, 1.82) is 0 Å². The fourth-order valence-electron chi connectivity index (χ4n) is 1.98. The molecule has 3 nitrogen and oxygen atoms in total. The summed E-state index contributed by atoms with van der Waals surface area (Å²) in [5.74, 6) is 10.1. The zero-order valence-electron chi connectivity index (χ0n) is 12.1. The highest BCUT2D eigenvalue weighted by Crippen LogP contribution is 2.30. The van der Waals surface area contributed by atoms with Crippen molar-refractivity contribution < 1.29 is 14.9 Å². The SMILES string of the molecule is C=C[C@H](O)C#CC#C[C@@H](O)[C@@H]1O[C@H]1CCCCCCC. The summed E-state index contributed by atoms with van der Waals surface area (Å²) in [4.78, 5) is 0. The molecule has 1 fully saturated rings. The summed E-state index contributed by atoms with van der Waals surface area (Å²) in [7, 11) is 0. The second-order valence-corrected chi connectivity index (χ2v) is 5.01. The van der Waals surface area contributed by atoms with Gasteiger partial charge in [-0.2, -0.15) is 0 Å². The van der Waals surface area contributed by atoms with Gasteiger partial charge in [-0.05, 0) is 18.3 Å². The third-order valence-corrected chi connectivity index (χ3v) is 3.25. The molecule has 0 aliphatic carbocycles. The van der Waals surface area contributed by atoms with Crippen LogP contribution < -0.4 is 0 Å². The molecule has 0 aromatic rings. The average Bonchev–Trinajstić information content (AvgIpc) is 3.22. The van der Waals surface area contributed by atoms with Gasteiger partial charge in [0.05, 0.1) is 6.10 Å². The van der Waals surface area contributed by atoms with Gasteiger partial charge in [0, 0.05) is 0 Å². The van der Waals surface area contributed by atoms with Gasteiger partial charge in [0.1, 0.15) is 18.3 Å². The van der Waals surface area contributed by atoms with Crippen LogP contribution >= 0.6 is 0 Å². The van der Waals surface area contributed by atoms with Gasteiger partial charge in [-0.15, -0.1) is 0 Å². The molecule has 20 heavy (non-hydrogen) atoms.